The highest BCUT2D eigenvalue weighted by atomic mass is 16.3. The van der Waals surface area contributed by atoms with Gasteiger partial charge in [0.25, 0.3) is 0 Å². The Labute approximate surface area is 130 Å². The van der Waals surface area contributed by atoms with Crippen molar-refractivity contribution in [3.8, 4) is 11.5 Å². The van der Waals surface area contributed by atoms with Gasteiger partial charge < -0.3 is 10.2 Å². The highest BCUT2D eigenvalue weighted by molar-refractivity contribution is 5.83. The smallest absolute Gasteiger partial charge is 0.124 e. The zero-order valence-corrected chi connectivity index (χ0v) is 12.6. The summed E-state index contributed by atoms with van der Waals surface area (Å²) in [5.41, 5.74) is 1.43. The van der Waals surface area contributed by atoms with Crippen molar-refractivity contribution in [2.24, 2.45) is 9.98 Å². The van der Waals surface area contributed by atoms with Crippen LogP contribution in [0.1, 0.15) is 24.5 Å². The van der Waals surface area contributed by atoms with Crippen molar-refractivity contribution in [2.45, 2.75) is 19.4 Å². The lowest BCUT2D eigenvalue weighted by Gasteiger charge is -2.04. The topological polar surface area (TPSA) is 65.2 Å². The molecule has 2 rings (SSSR count). The van der Waals surface area contributed by atoms with Crippen LogP contribution < -0.4 is 0 Å². The van der Waals surface area contributed by atoms with E-state index in [2.05, 4.69) is 9.98 Å². The molecule has 0 aliphatic heterocycles. The SMILES string of the molecule is C[C@@H](CCN=Cc1ccccc1O)N=Cc1ccccc1O. The molecule has 0 aliphatic rings. The molecular formula is C18H20N2O2. The minimum atomic E-state index is 0.112. The van der Waals surface area contributed by atoms with Gasteiger partial charge in [0, 0.05) is 36.1 Å². The molecule has 2 N–H and O–H groups in total. The van der Waals surface area contributed by atoms with E-state index in [0.29, 0.717) is 17.7 Å². The summed E-state index contributed by atoms with van der Waals surface area (Å²) in [6.07, 6.45) is 4.16. The van der Waals surface area contributed by atoms with E-state index >= 15 is 0 Å². The Morgan fingerprint density at radius 1 is 0.909 bits per heavy atom. The average molecular weight is 296 g/mol. The number of hydrogen-bond donors (Lipinski definition) is 2. The van der Waals surface area contributed by atoms with Crippen LogP contribution in [0.5, 0.6) is 11.5 Å². The number of phenols is 2. The first-order valence-corrected chi connectivity index (χ1v) is 7.26. The van der Waals surface area contributed by atoms with Crippen molar-refractivity contribution in [3.63, 3.8) is 0 Å². The van der Waals surface area contributed by atoms with E-state index in [4.69, 9.17) is 0 Å². The third-order valence-electron chi connectivity index (χ3n) is 3.25. The number of hydrogen-bond acceptors (Lipinski definition) is 4. The Kier molecular flexibility index (Phi) is 5.72. The van der Waals surface area contributed by atoms with Crippen LogP contribution in [0.25, 0.3) is 0 Å². The summed E-state index contributed by atoms with van der Waals surface area (Å²) in [7, 11) is 0. The summed E-state index contributed by atoms with van der Waals surface area (Å²) in [5, 5.41) is 19.3. The molecule has 0 spiro atoms. The minimum Gasteiger partial charge on any atom is -0.507 e. The first-order chi connectivity index (χ1) is 10.7. The molecule has 114 valence electrons. The van der Waals surface area contributed by atoms with E-state index in [-0.39, 0.29) is 17.5 Å². The van der Waals surface area contributed by atoms with Gasteiger partial charge in [0.2, 0.25) is 0 Å². The Bertz CT molecular complexity index is 666. The summed E-state index contributed by atoms with van der Waals surface area (Å²) in [4.78, 5) is 8.72. The van der Waals surface area contributed by atoms with Gasteiger partial charge in [-0.25, -0.2) is 0 Å². The van der Waals surface area contributed by atoms with Gasteiger partial charge in [-0.05, 0) is 37.6 Å². The van der Waals surface area contributed by atoms with Crippen LogP contribution in [-0.4, -0.2) is 35.2 Å². The highest BCUT2D eigenvalue weighted by Crippen LogP contribution is 2.14. The molecule has 0 bridgehead atoms. The van der Waals surface area contributed by atoms with Gasteiger partial charge in [0.1, 0.15) is 11.5 Å². The van der Waals surface area contributed by atoms with E-state index in [0.717, 1.165) is 6.42 Å². The van der Waals surface area contributed by atoms with Gasteiger partial charge in [-0.3, -0.25) is 9.98 Å². The van der Waals surface area contributed by atoms with Crippen LogP contribution in [-0.2, 0) is 0 Å². The molecule has 4 heteroatoms. The van der Waals surface area contributed by atoms with Gasteiger partial charge in [-0.15, -0.1) is 0 Å². The molecule has 22 heavy (non-hydrogen) atoms. The van der Waals surface area contributed by atoms with Crippen molar-refractivity contribution in [3.05, 3.63) is 59.7 Å². The van der Waals surface area contributed by atoms with Gasteiger partial charge in [-0.1, -0.05) is 24.3 Å². The van der Waals surface area contributed by atoms with Gasteiger partial charge in [-0.2, -0.15) is 0 Å². The molecule has 2 aromatic rings. The molecule has 2 aromatic carbocycles. The van der Waals surface area contributed by atoms with Crippen molar-refractivity contribution in [1.82, 2.24) is 0 Å². The van der Waals surface area contributed by atoms with E-state index < -0.39 is 0 Å². The predicted octanol–water partition coefficient (Wildman–Crippen LogP) is 3.41. The molecule has 0 aliphatic carbocycles. The van der Waals surface area contributed by atoms with Crippen LogP contribution in [0, 0.1) is 0 Å². The van der Waals surface area contributed by atoms with Crippen LogP contribution in [0.4, 0.5) is 0 Å². The van der Waals surface area contributed by atoms with Crippen LogP contribution >= 0.6 is 0 Å². The fourth-order valence-corrected chi connectivity index (χ4v) is 1.90. The van der Waals surface area contributed by atoms with E-state index in [1.165, 1.54) is 0 Å². The average Bonchev–Trinajstić information content (AvgIpc) is 2.52. The second-order valence-corrected chi connectivity index (χ2v) is 5.07. The molecule has 0 unspecified atom stereocenters. The Hall–Kier alpha value is -2.62. The molecule has 0 amide bonds. The monoisotopic (exact) mass is 296 g/mol. The first kappa shape index (κ1) is 15.8. The summed E-state index contributed by atoms with van der Waals surface area (Å²) >= 11 is 0. The number of para-hydroxylation sites is 2. The molecule has 1 atom stereocenters. The van der Waals surface area contributed by atoms with Crippen molar-refractivity contribution < 1.29 is 10.2 Å². The van der Waals surface area contributed by atoms with Crippen molar-refractivity contribution >= 4 is 12.4 Å². The molecule has 0 saturated carbocycles. The summed E-state index contributed by atoms with van der Waals surface area (Å²) in [6, 6.07) is 14.3. The second-order valence-electron chi connectivity index (χ2n) is 5.07. The number of aliphatic imine (C=N–C) groups is 2. The molecule has 0 heterocycles. The maximum atomic E-state index is 9.65. The van der Waals surface area contributed by atoms with E-state index in [9.17, 15) is 10.2 Å². The largest absolute Gasteiger partial charge is 0.507 e. The second kappa shape index (κ2) is 7.98. The fourth-order valence-electron chi connectivity index (χ4n) is 1.90. The highest BCUT2D eigenvalue weighted by Gasteiger charge is 2.00. The summed E-state index contributed by atoms with van der Waals surface area (Å²) < 4.78 is 0. The first-order valence-electron chi connectivity index (χ1n) is 7.26. The summed E-state index contributed by atoms with van der Waals surface area (Å²) in [6.45, 7) is 2.64. The third kappa shape index (κ3) is 4.74. The lowest BCUT2D eigenvalue weighted by Crippen LogP contribution is -2.01. The minimum absolute atomic E-state index is 0.112. The van der Waals surface area contributed by atoms with Gasteiger partial charge in [0.15, 0.2) is 0 Å². The van der Waals surface area contributed by atoms with E-state index in [1.54, 1.807) is 36.7 Å². The van der Waals surface area contributed by atoms with Crippen LogP contribution in [0.15, 0.2) is 58.5 Å². The third-order valence-corrected chi connectivity index (χ3v) is 3.25. The fraction of sp³-hybridized carbons (Fsp3) is 0.222. The standard InChI is InChI=1S/C18H20N2O2/c1-14(20-13-16-7-3-5-9-18(16)22)10-11-19-12-15-6-2-4-8-17(15)21/h2-9,12-14,21-22H,10-11H2,1H3/t14-/m0/s1. The summed E-state index contributed by atoms with van der Waals surface area (Å²) in [5.74, 6) is 0.466. The molecule has 0 saturated heterocycles. The molecule has 0 fully saturated rings. The van der Waals surface area contributed by atoms with Crippen LogP contribution in [0.3, 0.4) is 0 Å². The lowest BCUT2D eigenvalue weighted by atomic mass is 10.2. The maximum absolute atomic E-state index is 9.65. The number of nitrogens with zero attached hydrogens (tertiary/aromatic N) is 2. The lowest BCUT2D eigenvalue weighted by molar-refractivity contribution is 0.474. The molecule has 0 radical (unpaired) electrons. The Balaban J connectivity index is 1.82. The molecule has 4 nitrogen and oxygen atoms in total. The zero-order chi connectivity index (χ0) is 15.8. The number of benzene rings is 2. The maximum Gasteiger partial charge on any atom is 0.124 e. The molecular weight excluding hydrogens is 276 g/mol. The normalized spacial score (nSPS) is 13.0. The molecule has 0 aromatic heterocycles. The van der Waals surface area contributed by atoms with Gasteiger partial charge in [0.05, 0.1) is 0 Å². The number of phenolic OH excluding ortho intramolecular Hbond substituents is 2. The zero-order valence-electron chi connectivity index (χ0n) is 12.6. The van der Waals surface area contributed by atoms with Crippen molar-refractivity contribution in [2.75, 3.05) is 6.54 Å². The predicted molar refractivity (Wildman–Crippen MR) is 90.3 cm³/mol. The number of rotatable bonds is 6. The number of aromatic hydroxyl groups is 2. The quantitative estimate of drug-likeness (QED) is 0.802. The van der Waals surface area contributed by atoms with Gasteiger partial charge >= 0.3 is 0 Å². The van der Waals surface area contributed by atoms with Crippen molar-refractivity contribution in [1.29, 1.82) is 0 Å². The Morgan fingerprint density at radius 2 is 1.45 bits per heavy atom. The van der Waals surface area contributed by atoms with Crippen LogP contribution in [0.2, 0.25) is 0 Å². The Morgan fingerprint density at radius 3 is 2.05 bits per heavy atom. The van der Waals surface area contributed by atoms with E-state index in [1.807, 2.05) is 31.2 Å².